The van der Waals surface area contributed by atoms with Crippen LogP contribution in [0.2, 0.25) is 0 Å². The number of carbonyl (C=O) groups is 1. The van der Waals surface area contributed by atoms with E-state index in [9.17, 15) is 18.3 Å². The average molecular weight is 421 g/mol. The van der Waals surface area contributed by atoms with Crippen molar-refractivity contribution >= 4 is 16.1 Å². The molecule has 29 heavy (non-hydrogen) atoms. The van der Waals surface area contributed by atoms with Crippen LogP contribution in [0.15, 0.2) is 30.3 Å². The fourth-order valence-corrected chi connectivity index (χ4v) is 5.28. The Morgan fingerprint density at radius 2 is 1.93 bits per heavy atom. The van der Waals surface area contributed by atoms with E-state index < -0.39 is 34.2 Å². The van der Waals surface area contributed by atoms with Crippen LogP contribution in [-0.4, -0.2) is 61.6 Å². The van der Waals surface area contributed by atoms with E-state index in [2.05, 4.69) is 34.9 Å². The first-order chi connectivity index (χ1) is 13.8. The van der Waals surface area contributed by atoms with Gasteiger partial charge in [-0.15, -0.1) is 6.42 Å². The van der Waals surface area contributed by atoms with Gasteiger partial charge in [0.2, 0.25) is 10.0 Å². The molecule has 1 aromatic carbocycles. The first kappa shape index (κ1) is 21.6. The molecule has 2 N–H and O–H groups in total. The number of terminal acetylenes is 1. The molecule has 158 valence electrons. The number of likely N-dealkylation sites (tertiary alicyclic amines) is 1. The summed E-state index contributed by atoms with van der Waals surface area (Å²) in [6.07, 6.45) is 9.47. The zero-order valence-corrected chi connectivity index (χ0v) is 17.3. The van der Waals surface area contributed by atoms with Gasteiger partial charge in [-0.25, -0.2) is 17.9 Å². The summed E-state index contributed by atoms with van der Waals surface area (Å²) in [5.41, 5.74) is 1.34. The molecule has 1 saturated heterocycles. The molecule has 0 radical (unpaired) electrons. The molecule has 3 unspecified atom stereocenters. The van der Waals surface area contributed by atoms with Gasteiger partial charge in [0, 0.05) is 6.04 Å². The molecule has 2 aliphatic rings. The van der Waals surface area contributed by atoms with Crippen LogP contribution >= 0.6 is 0 Å². The van der Waals surface area contributed by atoms with Crippen molar-refractivity contribution in [1.82, 2.24) is 9.62 Å². The summed E-state index contributed by atoms with van der Waals surface area (Å²) < 4.78 is 32.0. The van der Waals surface area contributed by atoms with Crippen LogP contribution in [-0.2, 0) is 14.8 Å². The third-order valence-corrected chi connectivity index (χ3v) is 6.59. The highest BCUT2D eigenvalue weighted by Gasteiger charge is 2.45. The summed E-state index contributed by atoms with van der Waals surface area (Å²) in [6, 6.07) is 8.50. The molecule has 8 heteroatoms. The Labute approximate surface area is 172 Å². The standard InChI is InChI=1S/C21H28N2O5S/c1-3-17-13-19(22-29(2,26)27)20(23(17)21(24)25)14-28-18-11-9-16(10-12-18)15-7-5-4-6-8-15/h1,4-8,16-20,22H,9-14H2,2H3,(H,24,25). The molecule has 1 saturated carbocycles. The molecular weight excluding hydrogens is 392 g/mol. The summed E-state index contributed by atoms with van der Waals surface area (Å²) in [5.74, 6) is 2.97. The van der Waals surface area contributed by atoms with E-state index in [-0.39, 0.29) is 19.1 Å². The molecule has 0 spiro atoms. The lowest BCUT2D eigenvalue weighted by atomic mass is 9.83. The number of rotatable bonds is 6. The van der Waals surface area contributed by atoms with Crippen molar-refractivity contribution in [3.8, 4) is 12.3 Å². The first-order valence-electron chi connectivity index (χ1n) is 9.89. The molecule has 1 aliphatic heterocycles. The Kier molecular flexibility index (Phi) is 6.83. The SMILES string of the molecule is C#CC1CC(NS(C)(=O)=O)C(COC2CCC(c3ccccc3)CC2)N1C(=O)O. The molecule has 3 rings (SSSR count). The lowest BCUT2D eigenvalue weighted by Gasteiger charge is -2.32. The minimum Gasteiger partial charge on any atom is -0.465 e. The molecule has 3 atom stereocenters. The lowest BCUT2D eigenvalue weighted by Crippen LogP contribution is -2.50. The van der Waals surface area contributed by atoms with Gasteiger partial charge >= 0.3 is 6.09 Å². The third kappa shape index (κ3) is 5.50. The minimum atomic E-state index is -3.50. The summed E-state index contributed by atoms with van der Waals surface area (Å²) >= 11 is 0. The second-order valence-electron chi connectivity index (χ2n) is 7.89. The summed E-state index contributed by atoms with van der Waals surface area (Å²) in [4.78, 5) is 12.9. The predicted molar refractivity (Wildman–Crippen MR) is 110 cm³/mol. The highest BCUT2D eigenvalue weighted by Crippen LogP contribution is 2.34. The Morgan fingerprint density at radius 3 is 2.48 bits per heavy atom. The van der Waals surface area contributed by atoms with Crippen molar-refractivity contribution in [3.05, 3.63) is 35.9 Å². The largest absolute Gasteiger partial charge is 0.465 e. The van der Waals surface area contributed by atoms with Crippen LogP contribution in [0.3, 0.4) is 0 Å². The molecule has 2 fully saturated rings. The number of sulfonamides is 1. The number of benzene rings is 1. The fraction of sp³-hybridized carbons (Fsp3) is 0.571. The Hall–Kier alpha value is -2.08. The van der Waals surface area contributed by atoms with Crippen molar-refractivity contribution in [2.45, 2.75) is 62.3 Å². The Balaban J connectivity index is 1.61. The number of nitrogens with zero attached hydrogens (tertiary/aromatic N) is 1. The van der Waals surface area contributed by atoms with E-state index in [0.29, 0.717) is 5.92 Å². The van der Waals surface area contributed by atoms with E-state index in [1.807, 2.05) is 6.07 Å². The van der Waals surface area contributed by atoms with Gasteiger partial charge in [-0.1, -0.05) is 36.3 Å². The van der Waals surface area contributed by atoms with Crippen molar-refractivity contribution in [2.75, 3.05) is 12.9 Å². The molecular formula is C21H28N2O5S. The molecule has 7 nitrogen and oxygen atoms in total. The second-order valence-corrected chi connectivity index (χ2v) is 9.67. The Bertz CT molecular complexity index is 844. The first-order valence-corrected chi connectivity index (χ1v) is 11.8. The lowest BCUT2D eigenvalue weighted by molar-refractivity contribution is -0.00582. The van der Waals surface area contributed by atoms with Gasteiger partial charge in [0.25, 0.3) is 0 Å². The number of hydrogen-bond donors (Lipinski definition) is 2. The van der Waals surface area contributed by atoms with Gasteiger partial charge in [-0.3, -0.25) is 4.90 Å². The third-order valence-electron chi connectivity index (χ3n) is 5.86. The number of ether oxygens (including phenoxy) is 1. The van der Waals surface area contributed by atoms with Crippen molar-refractivity contribution in [2.24, 2.45) is 0 Å². The van der Waals surface area contributed by atoms with Crippen LogP contribution in [0.25, 0.3) is 0 Å². The monoisotopic (exact) mass is 420 g/mol. The maximum atomic E-state index is 11.7. The van der Waals surface area contributed by atoms with Crippen LogP contribution in [0, 0.1) is 12.3 Å². The summed E-state index contributed by atoms with van der Waals surface area (Å²) in [7, 11) is -3.50. The molecule has 1 amide bonds. The number of amides is 1. The zero-order chi connectivity index (χ0) is 21.0. The van der Waals surface area contributed by atoms with E-state index >= 15 is 0 Å². The number of carboxylic acid groups (broad SMARTS) is 1. The predicted octanol–water partition coefficient (Wildman–Crippen LogP) is 2.40. The van der Waals surface area contributed by atoms with Crippen LogP contribution < -0.4 is 4.72 Å². The van der Waals surface area contributed by atoms with E-state index in [0.717, 1.165) is 36.8 Å². The fourth-order valence-electron chi connectivity index (χ4n) is 4.48. The molecule has 0 bridgehead atoms. The summed E-state index contributed by atoms with van der Waals surface area (Å²) in [5, 5.41) is 9.60. The van der Waals surface area contributed by atoms with Gasteiger partial charge < -0.3 is 9.84 Å². The highest BCUT2D eigenvalue weighted by molar-refractivity contribution is 7.88. The molecule has 1 aliphatic carbocycles. The van der Waals surface area contributed by atoms with E-state index in [1.54, 1.807) is 0 Å². The molecule has 1 heterocycles. The molecule has 1 aromatic rings. The zero-order valence-electron chi connectivity index (χ0n) is 16.5. The Morgan fingerprint density at radius 1 is 1.28 bits per heavy atom. The number of nitrogens with one attached hydrogen (secondary N) is 1. The van der Waals surface area contributed by atoms with Gasteiger partial charge in [0.15, 0.2) is 0 Å². The van der Waals surface area contributed by atoms with Crippen molar-refractivity contribution < 1.29 is 23.1 Å². The maximum absolute atomic E-state index is 11.7. The van der Waals surface area contributed by atoms with E-state index in [4.69, 9.17) is 11.2 Å². The summed E-state index contributed by atoms with van der Waals surface area (Å²) in [6.45, 7) is 0.123. The average Bonchev–Trinajstić information content (AvgIpc) is 3.03. The van der Waals surface area contributed by atoms with Crippen LogP contribution in [0.4, 0.5) is 4.79 Å². The van der Waals surface area contributed by atoms with Crippen molar-refractivity contribution in [1.29, 1.82) is 0 Å². The second kappa shape index (κ2) is 9.16. The quantitative estimate of drug-likeness (QED) is 0.689. The highest BCUT2D eigenvalue weighted by atomic mass is 32.2. The molecule has 0 aromatic heterocycles. The normalized spacial score (nSPS) is 30.1. The maximum Gasteiger partial charge on any atom is 0.408 e. The minimum absolute atomic E-state index is 0.0365. The van der Waals surface area contributed by atoms with Crippen molar-refractivity contribution in [3.63, 3.8) is 0 Å². The van der Waals surface area contributed by atoms with Crippen LogP contribution in [0.5, 0.6) is 0 Å². The smallest absolute Gasteiger partial charge is 0.408 e. The van der Waals surface area contributed by atoms with Gasteiger partial charge in [-0.2, -0.15) is 0 Å². The van der Waals surface area contributed by atoms with Gasteiger partial charge in [0.1, 0.15) is 0 Å². The topological polar surface area (TPSA) is 95.9 Å². The number of hydrogen-bond acceptors (Lipinski definition) is 4. The van der Waals surface area contributed by atoms with E-state index in [1.165, 1.54) is 5.56 Å². The van der Waals surface area contributed by atoms with Crippen LogP contribution in [0.1, 0.15) is 43.6 Å². The van der Waals surface area contributed by atoms with Gasteiger partial charge in [-0.05, 0) is 43.6 Å². The van der Waals surface area contributed by atoms with Gasteiger partial charge in [0.05, 0.1) is 31.1 Å².